The van der Waals surface area contributed by atoms with Gasteiger partial charge in [0.05, 0.1) is 44.7 Å². The van der Waals surface area contributed by atoms with Gasteiger partial charge in [0.25, 0.3) is 0 Å². The lowest BCUT2D eigenvalue weighted by atomic mass is 9.76. The molecule has 3 unspecified atom stereocenters. The number of ether oxygens (including phenoxy) is 3. The maximum atomic E-state index is 13.8. The van der Waals surface area contributed by atoms with Gasteiger partial charge in [0.15, 0.2) is 11.5 Å². The first-order valence-corrected chi connectivity index (χ1v) is 11.4. The van der Waals surface area contributed by atoms with Crippen LogP contribution in [0.3, 0.4) is 0 Å². The average Bonchev–Trinajstić information content (AvgIpc) is 3.05. The van der Waals surface area contributed by atoms with Crippen molar-refractivity contribution in [1.82, 2.24) is 0 Å². The summed E-state index contributed by atoms with van der Waals surface area (Å²) in [6.45, 7) is 0. The second-order valence-electron chi connectivity index (χ2n) is 8.50. The molecular formula is C28H28N2O4. The van der Waals surface area contributed by atoms with E-state index >= 15 is 0 Å². The van der Waals surface area contributed by atoms with E-state index in [9.17, 15) is 4.79 Å². The first kappa shape index (κ1) is 21.9. The number of nitrogens with one attached hydrogen (secondary N) is 2. The van der Waals surface area contributed by atoms with E-state index in [1.165, 1.54) is 0 Å². The zero-order chi connectivity index (χ0) is 23.7. The fourth-order valence-electron chi connectivity index (χ4n) is 5.05. The van der Waals surface area contributed by atoms with Crippen molar-refractivity contribution >= 4 is 17.2 Å². The normalized spacial score (nSPS) is 21.1. The van der Waals surface area contributed by atoms with Gasteiger partial charge in [-0.25, -0.2) is 0 Å². The predicted octanol–water partition coefficient (Wildman–Crippen LogP) is 5.55. The van der Waals surface area contributed by atoms with Crippen LogP contribution in [-0.2, 0) is 4.79 Å². The fourth-order valence-corrected chi connectivity index (χ4v) is 5.05. The number of hydrogen-bond acceptors (Lipinski definition) is 6. The Kier molecular flexibility index (Phi) is 5.88. The van der Waals surface area contributed by atoms with Crippen LogP contribution in [0.4, 0.5) is 11.4 Å². The van der Waals surface area contributed by atoms with Crippen LogP contribution in [0.1, 0.15) is 29.5 Å². The number of benzene rings is 3. The Bertz CT molecular complexity index is 1240. The highest BCUT2D eigenvalue weighted by Crippen LogP contribution is 2.49. The molecule has 0 radical (unpaired) electrons. The van der Waals surface area contributed by atoms with Crippen molar-refractivity contribution in [3.05, 3.63) is 89.6 Å². The molecule has 0 bridgehead atoms. The van der Waals surface area contributed by atoms with Gasteiger partial charge >= 0.3 is 0 Å². The molecule has 0 saturated heterocycles. The molecule has 34 heavy (non-hydrogen) atoms. The minimum Gasteiger partial charge on any atom is -0.493 e. The SMILES string of the molecule is COc1ccc(C2Nc3ccccc3NC3=CC(c4ccccc4)CC(=O)C32)c(OC)c1OC. The standard InChI is InChI=1S/C28H28N2O4/c1-32-24-14-13-19(27(33-2)28(24)34-3)26-25-22(29-20-11-7-8-12-21(20)30-26)15-18(16-23(25)31)17-9-5-4-6-10-17/h4-15,18,25-26,29-30H,16H2,1-3H3. The first-order valence-electron chi connectivity index (χ1n) is 11.4. The fraction of sp³-hybridized carbons (Fsp3) is 0.250. The van der Waals surface area contributed by atoms with E-state index in [0.29, 0.717) is 23.7 Å². The second-order valence-corrected chi connectivity index (χ2v) is 8.50. The van der Waals surface area contributed by atoms with Crippen LogP contribution in [0.5, 0.6) is 17.2 Å². The van der Waals surface area contributed by atoms with Gasteiger partial charge in [-0.15, -0.1) is 0 Å². The van der Waals surface area contributed by atoms with E-state index in [1.54, 1.807) is 21.3 Å². The van der Waals surface area contributed by atoms with Gasteiger partial charge in [-0.2, -0.15) is 0 Å². The molecule has 6 heteroatoms. The van der Waals surface area contributed by atoms with Crippen molar-refractivity contribution in [3.8, 4) is 17.2 Å². The third-order valence-electron chi connectivity index (χ3n) is 6.63. The molecule has 2 aliphatic rings. The summed E-state index contributed by atoms with van der Waals surface area (Å²) < 4.78 is 16.9. The Hall–Kier alpha value is -3.93. The number of rotatable bonds is 5. The molecule has 0 saturated carbocycles. The first-order chi connectivity index (χ1) is 16.6. The number of carbonyl (C=O) groups is 1. The van der Waals surface area contributed by atoms with Crippen LogP contribution in [-0.4, -0.2) is 27.1 Å². The minimum atomic E-state index is -0.417. The molecule has 0 fully saturated rings. The summed E-state index contributed by atoms with van der Waals surface area (Å²) in [7, 11) is 4.79. The zero-order valence-corrected chi connectivity index (χ0v) is 19.5. The Labute approximate surface area is 199 Å². The molecule has 1 aliphatic heterocycles. The summed E-state index contributed by atoms with van der Waals surface area (Å²) in [5.41, 5.74) is 4.71. The molecule has 2 N–H and O–H groups in total. The largest absolute Gasteiger partial charge is 0.493 e. The van der Waals surface area contributed by atoms with E-state index in [4.69, 9.17) is 14.2 Å². The third kappa shape index (κ3) is 3.75. The van der Waals surface area contributed by atoms with E-state index < -0.39 is 5.92 Å². The maximum absolute atomic E-state index is 13.8. The van der Waals surface area contributed by atoms with Crippen molar-refractivity contribution < 1.29 is 19.0 Å². The molecule has 6 nitrogen and oxygen atoms in total. The summed E-state index contributed by atoms with van der Waals surface area (Å²) in [5.74, 6) is 1.40. The lowest BCUT2D eigenvalue weighted by molar-refractivity contribution is -0.122. The lowest BCUT2D eigenvalue weighted by Crippen LogP contribution is -2.34. The lowest BCUT2D eigenvalue weighted by Gasteiger charge is -2.33. The van der Waals surface area contributed by atoms with Crippen LogP contribution in [0.25, 0.3) is 0 Å². The van der Waals surface area contributed by atoms with Gasteiger partial charge in [-0.3, -0.25) is 4.79 Å². The molecule has 0 amide bonds. The Morgan fingerprint density at radius 2 is 1.50 bits per heavy atom. The number of allylic oxidation sites excluding steroid dienone is 1. The van der Waals surface area contributed by atoms with Crippen molar-refractivity contribution in [2.75, 3.05) is 32.0 Å². The van der Waals surface area contributed by atoms with E-state index in [1.807, 2.05) is 54.6 Å². The van der Waals surface area contributed by atoms with E-state index in [0.717, 1.165) is 28.2 Å². The topological polar surface area (TPSA) is 68.8 Å². The molecule has 1 heterocycles. The highest BCUT2D eigenvalue weighted by atomic mass is 16.5. The van der Waals surface area contributed by atoms with Crippen molar-refractivity contribution in [3.63, 3.8) is 0 Å². The maximum Gasteiger partial charge on any atom is 0.203 e. The van der Waals surface area contributed by atoms with E-state index in [-0.39, 0.29) is 17.7 Å². The van der Waals surface area contributed by atoms with Gasteiger partial charge in [0, 0.05) is 23.6 Å². The summed E-state index contributed by atoms with van der Waals surface area (Å²) in [4.78, 5) is 13.8. The number of methoxy groups -OCH3 is 3. The number of anilines is 2. The van der Waals surface area contributed by atoms with Crippen molar-refractivity contribution in [2.24, 2.45) is 5.92 Å². The highest BCUT2D eigenvalue weighted by molar-refractivity contribution is 5.91. The molecule has 5 rings (SSSR count). The van der Waals surface area contributed by atoms with Crippen LogP contribution in [0.2, 0.25) is 0 Å². The quantitative estimate of drug-likeness (QED) is 0.525. The summed E-state index contributed by atoms with van der Waals surface area (Å²) >= 11 is 0. The monoisotopic (exact) mass is 456 g/mol. The van der Waals surface area contributed by atoms with Crippen LogP contribution in [0.15, 0.2) is 78.5 Å². The molecule has 0 aromatic heterocycles. The number of hydrogen-bond donors (Lipinski definition) is 2. The van der Waals surface area contributed by atoms with Gasteiger partial charge in [0.2, 0.25) is 5.75 Å². The van der Waals surface area contributed by atoms with Crippen LogP contribution >= 0.6 is 0 Å². The predicted molar refractivity (Wildman–Crippen MR) is 133 cm³/mol. The molecular weight excluding hydrogens is 428 g/mol. The molecule has 1 aliphatic carbocycles. The van der Waals surface area contributed by atoms with Crippen molar-refractivity contribution in [2.45, 2.75) is 18.4 Å². The molecule has 3 aromatic carbocycles. The van der Waals surface area contributed by atoms with Gasteiger partial charge < -0.3 is 24.8 Å². The molecule has 3 aromatic rings. The van der Waals surface area contributed by atoms with Gasteiger partial charge in [-0.1, -0.05) is 48.5 Å². The molecule has 174 valence electrons. The summed E-state index contributed by atoms with van der Waals surface area (Å²) in [6, 6.07) is 21.6. The third-order valence-corrected chi connectivity index (χ3v) is 6.63. The number of para-hydroxylation sites is 2. The zero-order valence-electron chi connectivity index (χ0n) is 19.5. The summed E-state index contributed by atoms with van der Waals surface area (Å²) in [5, 5.41) is 7.18. The smallest absolute Gasteiger partial charge is 0.203 e. The van der Waals surface area contributed by atoms with Gasteiger partial charge in [-0.05, 0) is 29.8 Å². The number of ketones is 1. The average molecular weight is 457 g/mol. The highest BCUT2D eigenvalue weighted by Gasteiger charge is 2.41. The van der Waals surface area contributed by atoms with Crippen LogP contribution in [0, 0.1) is 5.92 Å². The molecule has 3 atom stereocenters. The Morgan fingerprint density at radius 1 is 0.794 bits per heavy atom. The number of fused-ring (bicyclic) bond motifs is 2. The minimum absolute atomic E-state index is 0.0191. The number of carbonyl (C=O) groups excluding carboxylic acids is 1. The molecule has 0 spiro atoms. The van der Waals surface area contributed by atoms with E-state index in [2.05, 4.69) is 28.8 Å². The summed E-state index contributed by atoms with van der Waals surface area (Å²) in [6.07, 6.45) is 2.63. The van der Waals surface area contributed by atoms with Gasteiger partial charge in [0.1, 0.15) is 5.78 Å². The Balaban J connectivity index is 1.67. The second kappa shape index (κ2) is 9.14. The van der Waals surface area contributed by atoms with Crippen LogP contribution < -0.4 is 24.8 Å². The Morgan fingerprint density at radius 3 is 2.21 bits per heavy atom. The number of Topliss-reactive ketones (excluding diaryl/α,β-unsaturated/α-hetero) is 1. The van der Waals surface area contributed by atoms with Crippen molar-refractivity contribution in [1.29, 1.82) is 0 Å².